The zero-order valence-electron chi connectivity index (χ0n) is 11.2. The van der Waals surface area contributed by atoms with Crippen molar-refractivity contribution >= 4 is 21.6 Å². The number of hydrogen-bond donors (Lipinski definition) is 2. The molecule has 1 aromatic rings. The highest BCUT2D eigenvalue weighted by atomic mass is 79.9. The van der Waals surface area contributed by atoms with Crippen LogP contribution in [-0.2, 0) is 6.61 Å². The van der Waals surface area contributed by atoms with Crippen molar-refractivity contribution in [1.82, 2.24) is 0 Å². The van der Waals surface area contributed by atoms with Crippen LogP contribution in [0.5, 0.6) is 0 Å². The van der Waals surface area contributed by atoms with Gasteiger partial charge in [0, 0.05) is 22.7 Å². The maximum absolute atomic E-state index is 9.31. The third kappa shape index (κ3) is 3.71. The fraction of sp³-hybridized carbons (Fsp3) is 0.600. The Labute approximate surface area is 123 Å². The Hall–Kier alpha value is -0.580. The summed E-state index contributed by atoms with van der Waals surface area (Å²) in [7, 11) is 0. The Kier molecular flexibility index (Phi) is 5.67. The van der Waals surface area contributed by atoms with E-state index in [-0.39, 0.29) is 13.2 Å². The van der Waals surface area contributed by atoms with Crippen LogP contribution in [0, 0.1) is 0 Å². The minimum absolute atomic E-state index is 0.0459. The van der Waals surface area contributed by atoms with E-state index in [9.17, 15) is 10.2 Å². The number of halogens is 1. The van der Waals surface area contributed by atoms with Crippen LogP contribution in [0.4, 0.5) is 5.69 Å². The average Bonchev–Trinajstić information content (AvgIpc) is 2.45. The molecule has 0 aromatic heterocycles. The molecule has 1 aliphatic rings. The summed E-state index contributed by atoms with van der Waals surface area (Å²) >= 11 is 3.50. The molecule has 0 bridgehead atoms. The molecule has 0 saturated heterocycles. The van der Waals surface area contributed by atoms with Crippen molar-refractivity contribution in [3.05, 3.63) is 28.2 Å². The lowest BCUT2D eigenvalue weighted by atomic mass is 9.93. The third-order valence-electron chi connectivity index (χ3n) is 3.90. The molecular weight excluding hydrogens is 306 g/mol. The zero-order valence-corrected chi connectivity index (χ0v) is 12.8. The normalized spacial score (nSPS) is 16.6. The van der Waals surface area contributed by atoms with Crippen molar-refractivity contribution in [1.29, 1.82) is 0 Å². The Balaban J connectivity index is 2.19. The molecule has 0 amide bonds. The van der Waals surface area contributed by atoms with E-state index < -0.39 is 0 Å². The number of rotatable bonds is 5. The van der Waals surface area contributed by atoms with Crippen molar-refractivity contribution in [3.8, 4) is 0 Å². The fourth-order valence-corrected chi connectivity index (χ4v) is 3.36. The Morgan fingerprint density at radius 3 is 2.47 bits per heavy atom. The summed E-state index contributed by atoms with van der Waals surface area (Å²) < 4.78 is 0.936. The molecule has 3 nitrogen and oxygen atoms in total. The van der Waals surface area contributed by atoms with Crippen LogP contribution in [0.3, 0.4) is 0 Å². The van der Waals surface area contributed by atoms with Gasteiger partial charge >= 0.3 is 0 Å². The smallest absolute Gasteiger partial charge is 0.0692 e. The molecule has 0 heterocycles. The molecule has 0 spiro atoms. The summed E-state index contributed by atoms with van der Waals surface area (Å²) in [5.74, 6) is 0. The van der Waals surface area contributed by atoms with E-state index in [1.807, 2.05) is 12.1 Å². The lowest BCUT2D eigenvalue weighted by Gasteiger charge is -2.36. The summed E-state index contributed by atoms with van der Waals surface area (Å²) in [4.78, 5) is 2.31. The molecule has 4 heteroatoms. The second-order valence-corrected chi connectivity index (χ2v) is 6.00. The van der Waals surface area contributed by atoms with Crippen molar-refractivity contribution in [2.45, 2.75) is 44.8 Å². The average molecular weight is 328 g/mol. The number of benzene rings is 1. The largest absolute Gasteiger partial charge is 0.395 e. The second-order valence-electron chi connectivity index (χ2n) is 5.14. The molecule has 1 saturated carbocycles. The number of nitrogens with zero attached hydrogens (tertiary/aromatic N) is 1. The molecule has 106 valence electrons. The number of aliphatic hydroxyl groups excluding tert-OH is 2. The molecule has 0 atom stereocenters. The van der Waals surface area contributed by atoms with Crippen LogP contribution >= 0.6 is 15.9 Å². The summed E-state index contributed by atoms with van der Waals surface area (Å²) in [6.45, 7) is 0.899. The van der Waals surface area contributed by atoms with Crippen LogP contribution in [0.15, 0.2) is 22.7 Å². The number of anilines is 1. The minimum Gasteiger partial charge on any atom is -0.395 e. The summed E-state index contributed by atoms with van der Waals surface area (Å²) in [5.41, 5.74) is 2.03. The second kappa shape index (κ2) is 7.27. The van der Waals surface area contributed by atoms with Gasteiger partial charge in [-0.2, -0.15) is 0 Å². The third-order valence-corrected chi connectivity index (χ3v) is 4.63. The van der Waals surface area contributed by atoms with Gasteiger partial charge < -0.3 is 15.1 Å². The molecule has 19 heavy (non-hydrogen) atoms. The summed E-state index contributed by atoms with van der Waals surface area (Å²) in [6, 6.07) is 6.58. The molecule has 0 unspecified atom stereocenters. The van der Waals surface area contributed by atoms with Crippen LogP contribution in [0.2, 0.25) is 0 Å². The molecule has 1 aromatic carbocycles. The maximum Gasteiger partial charge on any atom is 0.0692 e. The van der Waals surface area contributed by atoms with Crippen molar-refractivity contribution < 1.29 is 10.2 Å². The first-order valence-corrected chi connectivity index (χ1v) is 7.82. The topological polar surface area (TPSA) is 43.7 Å². The minimum atomic E-state index is 0.0459. The Morgan fingerprint density at radius 2 is 1.89 bits per heavy atom. The molecular formula is C15H22BrNO2. The molecule has 0 radical (unpaired) electrons. The first-order chi connectivity index (χ1) is 9.26. The highest BCUT2D eigenvalue weighted by Crippen LogP contribution is 2.30. The molecule has 1 aliphatic carbocycles. The summed E-state index contributed by atoms with van der Waals surface area (Å²) in [5, 5.41) is 18.5. The zero-order chi connectivity index (χ0) is 13.7. The Morgan fingerprint density at radius 1 is 1.16 bits per heavy atom. The lowest BCUT2D eigenvalue weighted by molar-refractivity contribution is 0.281. The van der Waals surface area contributed by atoms with E-state index in [1.54, 1.807) is 0 Å². The highest BCUT2D eigenvalue weighted by Gasteiger charge is 2.21. The SMILES string of the molecule is OCCN(c1ccc(CO)c(Br)c1)C1CCCCC1. The van der Waals surface area contributed by atoms with Gasteiger partial charge in [-0.05, 0) is 30.5 Å². The quantitative estimate of drug-likeness (QED) is 0.873. The molecule has 2 N–H and O–H groups in total. The van der Waals surface area contributed by atoms with E-state index >= 15 is 0 Å². The fourth-order valence-electron chi connectivity index (χ4n) is 2.87. The number of hydrogen-bond acceptors (Lipinski definition) is 3. The van der Waals surface area contributed by atoms with Crippen molar-refractivity contribution in [2.24, 2.45) is 0 Å². The van der Waals surface area contributed by atoms with Crippen LogP contribution in [0.1, 0.15) is 37.7 Å². The van der Waals surface area contributed by atoms with Gasteiger partial charge in [0.2, 0.25) is 0 Å². The maximum atomic E-state index is 9.31. The monoisotopic (exact) mass is 327 g/mol. The van der Waals surface area contributed by atoms with E-state index in [2.05, 4.69) is 26.9 Å². The summed E-state index contributed by atoms with van der Waals surface area (Å²) in [6.07, 6.45) is 6.31. The van der Waals surface area contributed by atoms with Crippen LogP contribution in [-0.4, -0.2) is 29.4 Å². The van der Waals surface area contributed by atoms with Crippen molar-refractivity contribution in [2.75, 3.05) is 18.1 Å². The number of aliphatic hydroxyl groups is 2. The predicted molar refractivity (Wildman–Crippen MR) is 81.4 cm³/mol. The van der Waals surface area contributed by atoms with Gasteiger partial charge in [0.25, 0.3) is 0 Å². The van der Waals surface area contributed by atoms with Crippen LogP contribution < -0.4 is 4.90 Å². The van der Waals surface area contributed by atoms with E-state index in [1.165, 1.54) is 32.1 Å². The standard InChI is InChI=1S/C15H22BrNO2/c16-15-10-14(7-6-12(15)11-19)17(8-9-18)13-4-2-1-3-5-13/h6-7,10,13,18-19H,1-5,8-9,11H2. The van der Waals surface area contributed by atoms with Gasteiger partial charge in [-0.15, -0.1) is 0 Å². The van der Waals surface area contributed by atoms with Gasteiger partial charge in [-0.1, -0.05) is 41.3 Å². The highest BCUT2D eigenvalue weighted by molar-refractivity contribution is 9.10. The molecule has 1 fully saturated rings. The van der Waals surface area contributed by atoms with E-state index in [0.29, 0.717) is 12.6 Å². The van der Waals surface area contributed by atoms with Gasteiger partial charge in [0.1, 0.15) is 0 Å². The molecule has 2 rings (SSSR count). The lowest BCUT2D eigenvalue weighted by Crippen LogP contribution is -2.38. The van der Waals surface area contributed by atoms with Gasteiger partial charge in [0.05, 0.1) is 13.2 Å². The van der Waals surface area contributed by atoms with Crippen molar-refractivity contribution in [3.63, 3.8) is 0 Å². The van der Waals surface area contributed by atoms with Gasteiger partial charge in [-0.25, -0.2) is 0 Å². The first-order valence-electron chi connectivity index (χ1n) is 7.03. The van der Waals surface area contributed by atoms with E-state index in [4.69, 9.17) is 0 Å². The van der Waals surface area contributed by atoms with Gasteiger partial charge in [-0.3, -0.25) is 0 Å². The predicted octanol–water partition coefficient (Wildman–Crippen LogP) is 3.07. The van der Waals surface area contributed by atoms with Crippen LogP contribution in [0.25, 0.3) is 0 Å². The van der Waals surface area contributed by atoms with E-state index in [0.717, 1.165) is 15.7 Å². The van der Waals surface area contributed by atoms with Gasteiger partial charge in [0.15, 0.2) is 0 Å². The molecule has 0 aliphatic heterocycles. The first kappa shape index (κ1) is 14.8. The Bertz CT molecular complexity index is 405.